The highest BCUT2D eigenvalue weighted by molar-refractivity contribution is 5.29. The molecular formula is C11H12N4O2. The van der Waals surface area contributed by atoms with Crippen LogP contribution in [-0.2, 0) is 6.54 Å². The molecule has 0 aliphatic rings. The number of hydrogen-bond acceptors (Lipinski definition) is 5. The van der Waals surface area contributed by atoms with E-state index in [4.69, 9.17) is 10.5 Å². The highest BCUT2D eigenvalue weighted by Gasteiger charge is 2.02. The molecule has 0 radical (unpaired) electrons. The summed E-state index contributed by atoms with van der Waals surface area (Å²) < 4.78 is 6.27. The third-order valence-corrected chi connectivity index (χ3v) is 2.23. The highest BCUT2D eigenvalue weighted by atomic mass is 16.5. The van der Waals surface area contributed by atoms with Crippen molar-refractivity contribution in [3.63, 3.8) is 0 Å². The quantitative estimate of drug-likeness (QED) is 0.821. The Morgan fingerprint density at radius 2 is 2.18 bits per heavy atom. The average molecular weight is 232 g/mol. The summed E-state index contributed by atoms with van der Waals surface area (Å²) in [5.74, 6) is 0.840. The van der Waals surface area contributed by atoms with Crippen molar-refractivity contribution in [1.82, 2.24) is 14.8 Å². The number of aromatic nitrogens is 3. The maximum atomic E-state index is 11.6. The Kier molecular flexibility index (Phi) is 3.04. The van der Waals surface area contributed by atoms with Gasteiger partial charge in [0, 0.05) is 18.3 Å². The van der Waals surface area contributed by atoms with Gasteiger partial charge in [-0.05, 0) is 11.6 Å². The van der Waals surface area contributed by atoms with Crippen molar-refractivity contribution in [3.05, 3.63) is 46.4 Å². The topological polar surface area (TPSA) is 83.0 Å². The molecule has 0 bridgehead atoms. The Bertz CT molecular complexity index is 562. The largest absolute Gasteiger partial charge is 0.480 e. The molecule has 2 N–H and O–H groups in total. The molecule has 0 unspecified atom stereocenters. The normalized spacial score (nSPS) is 10.2. The lowest BCUT2D eigenvalue weighted by Crippen LogP contribution is -2.22. The van der Waals surface area contributed by atoms with Gasteiger partial charge in [-0.3, -0.25) is 4.79 Å². The van der Waals surface area contributed by atoms with Gasteiger partial charge in [0.2, 0.25) is 5.88 Å². The Labute approximate surface area is 97.7 Å². The molecule has 0 aliphatic heterocycles. The molecule has 2 aromatic rings. The molecule has 17 heavy (non-hydrogen) atoms. The molecule has 0 atom stereocenters. The van der Waals surface area contributed by atoms with Crippen LogP contribution in [0.4, 0.5) is 5.82 Å². The van der Waals surface area contributed by atoms with Gasteiger partial charge in [0.05, 0.1) is 13.7 Å². The summed E-state index contributed by atoms with van der Waals surface area (Å²) >= 11 is 0. The van der Waals surface area contributed by atoms with Gasteiger partial charge in [-0.1, -0.05) is 6.07 Å². The van der Waals surface area contributed by atoms with Crippen LogP contribution in [0.3, 0.4) is 0 Å². The zero-order valence-corrected chi connectivity index (χ0v) is 9.33. The predicted octanol–water partition coefficient (Wildman–Crippen LogP) is 0.277. The van der Waals surface area contributed by atoms with E-state index in [1.165, 1.54) is 23.9 Å². The van der Waals surface area contributed by atoms with Gasteiger partial charge in [0.25, 0.3) is 5.56 Å². The second-order valence-corrected chi connectivity index (χ2v) is 3.46. The summed E-state index contributed by atoms with van der Waals surface area (Å²) in [6, 6.07) is 6.42. The van der Waals surface area contributed by atoms with E-state index < -0.39 is 0 Å². The first-order valence-electron chi connectivity index (χ1n) is 5.01. The van der Waals surface area contributed by atoms with Gasteiger partial charge >= 0.3 is 0 Å². The summed E-state index contributed by atoms with van der Waals surface area (Å²) in [6.07, 6.45) is 1.61. The summed E-state index contributed by atoms with van der Waals surface area (Å²) in [5, 5.41) is 4.03. The fourth-order valence-corrected chi connectivity index (χ4v) is 1.35. The lowest BCUT2D eigenvalue weighted by atomic mass is 10.3. The summed E-state index contributed by atoms with van der Waals surface area (Å²) in [4.78, 5) is 15.5. The van der Waals surface area contributed by atoms with Crippen LogP contribution in [-0.4, -0.2) is 21.9 Å². The van der Waals surface area contributed by atoms with Crippen LogP contribution in [0.15, 0.2) is 35.3 Å². The molecule has 0 aliphatic carbocycles. The highest BCUT2D eigenvalue weighted by Crippen LogP contribution is 2.04. The standard InChI is InChI=1S/C11H12N4O2/c1-17-10-4-5-11(16)15(14-10)7-8-2-3-9(12)13-6-8/h2-6H,7H2,1H3,(H2,12,13). The van der Waals surface area contributed by atoms with Crippen LogP contribution in [0.25, 0.3) is 0 Å². The molecule has 88 valence electrons. The van der Waals surface area contributed by atoms with Crippen LogP contribution in [0.5, 0.6) is 5.88 Å². The SMILES string of the molecule is COc1ccc(=O)n(Cc2ccc(N)nc2)n1. The summed E-state index contributed by atoms with van der Waals surface area (Å²) in [5.41, 5.74) is 6.14. The number of anilines is 1. The predicted molar refractivity (Wildman–Crippen MR) is 62.8 cm³/mol. The Morgan fingerprint density at radius 1 is 1.35 bits per heavy atom. The Hall–Kier alpha value is -2.37. The molecule has 0 aromatic carbocycles. The molecule has 0 spiro atoms. The minimum absolute atomic E-state index is 0.192. The molecule has 6 heteroatoms. The smallest absolute Gasteiger partial charge is 0.267 e. The fraction of sp³-hybridized carbons (Fsp3) is 0.182. The minimum atomic E-state index is -0.192. The first kappa shape index (κ1) is 11.1. The monoisotopic (exact) mass is 232 g/mol. The Morgan fingerprint density at radius 3 is 2.82 bits per heavy atom. The fourth-order valence-electron chi connectivity index (χ4n) is 1.35. The van der Waals surface area contributed by atoms with Crippen LogP contribution in [0.2, 0.25) is 0 Å². The van der Waals surface area contributed by atoms with Gasteiger partial charge < -0.3 is 10.5 Å². The number of methoxy groups -OCH3 is 1. The van der Waals surface area contributed by atoms with E-state index in [0.717, 1.165) is 5.56 Å². The van der Waals surface area contributed by atoms with Crippen molar-refractivity contribution in [2.24, 2.45) is 0 Å². The van der Waals surface area contributed by atoms with E-state index >= 15 is 0 Å². The Balaban J connectivity index is 2.29. The molecular weight excluding hydrogens is 220 g/mol. The van der Waals surface area contributed by atoms with Crippen molar-refractivity contribution in [3.8, 4) is 5.88 Å². The van der Waals surface area contributed by atoms with Crippen LogP contribution >= 0.6 is 0 Å². The molecule has 6 nitrogen and oxygen atoms in total. The molecule has 0 fully saturated rings. The number of pyridine rings is 1. The van der Waals surface area contributed by atoms with E-state index in [-0.39, 0.29) is 5.56 Å². The van der Waals surface area contributed by atoms with E-state index in [2.05, 4.69) is 10.1 Å². The number of rotatable bonds is 3. The number of ether oxygens (including phenoxy) is 1. The first-order valence-corrected chi connectivity index (χ1v) is 5.01. The number of nitrogens with two attached hydrogens (primary N) is 1. The molecule has 0 amide bonds. The number of nitrogens with zero attached hydrogens (tertiary/aromatic N) is 3. The van der Waals surface area contributed by atoms with Crippen molar-refractivity contribution in [2.45, 2.75) is 6.54 Å². The third-order valence-electron chi connectivity index (χ3n) is 2.23. The average Bonchev–Trinajstić information content (AvgIpc) is 2.35. The molecule has 2 rings (SSSR count). The number of nitrogen functional groups attached to an aromatic ring is 1. The summed E-state index contributed by atoms with van der Waals surface area (Å²) in [7, 11) is 1.50. The van der Waals surface area contributed by atoms with Gasteiger partial charge in [-0.15, -0.1) is 5.10 Å². The van der Waals surface area contributed by atoms with Crippen LogP contribution in [0, 0.1) is 0 Å². The van der Waals surface area contributed by atoms with Gasteiger partial charge in [0.1, 0.15) is 5.82 Å². The van der Waals surface area contributed by atoms with Crippen LogP contribution < -0.4 is 16.0 Å². The van der Waals surface area contributed by atoms with Crippen molar-refractivity contribution in [1.29, 1.82) is 0 Å². The van der Waals surface area contributed by atoms with Crippen molar-refractivity contribution < 1.29 is 4.74 Å². The van der Waals surface area contributed by atoms with Gasteiger partial charge in [-0.2, -0.15) is 0 Å². The van der Waals surface area contributed by atoms with Crippen molar-refractivity contribution >= 4 is 5.82 Å². The molecule has 0 saturated carbocycles. The number of hydrogen-bond donors (Lipinski definition) is 1. The zero-order valence-electron chi connectivity index (χ0n) is 9.33. The second-order valence-electron chi connectivity index (χ2n) is 3.46. The second kappa shape index (κ2) is 4.65. The third kappa shape index (κ3) is 2.60. The minimum Gasteiger partial charge on any atom is -0.480 e. The van der Waals surface area contributed by atoms with Gasteiger partial charge in [-0.25, -0.2) is 9.67 Å². The maximum absolute atomic E-state index is 11.6. The zero-order chi connectivity index (χ0) is 12.3. The molecule has 2 heterocycles. The van der Waals surface area contributed by atoms with E-state index in [0.29, 0.717) is 18.2 Å². The summed E-state index contributed by atoms with van der Waals surface area (Å²) in [6.45, 7) is 0.337. The van der Waals surface area contributed by atoms with E-state index in [1.54, 1.807) is 18.3 Å². The molecule has 2 aromatic heterocycles. The van der Waals surface area contributed by atoms with Gasteiger partial charge in [0.15, 0.2) is 0 Å². The van der Waals surface area contributed by atoms with Crippen molar-refractivity contribution in [2.75, 3.05) is 12.8 Å². The maximum Gasteiger partial charge on any atom is 0.267 e. The van der Waals surface area contributed by atoms with E-state index in [9.17, 15) is 4.79 Å². The lowest BCUT2D eigenvalue weighted by molar-refractivity contribution is 0.379. The molecule has 0 saturated heterocycles. The van der Waals surface area contributed by atoms with Crippen LogP contribution in [0.1, 0.15) is 5.56 Å². The first-order chi connectivity index (χ1) is 8.19. The lowest BCUT2D eigenvalue weighted by Gasteiger charge is -2.06. The van der Waals surface area contributed by atoms with E-state index in [1.807, 2.05) is 0 Å².